The molecule has 0 unspecified atom stereocenters. The van der Waals surface area contributed by atoms with Gasteiger partial charge >= 0.3 is 174 Å². The molecule has 0 heterocycles. The van der Waals surface area contributed by atoms with Crippen LogP contribution in [0, 0.1) is 0 Å². The molecule has 0 aromatic rings. The van der Waals surface area contributed by atoms with E-state index in [2.05, 4.69) is 0 Å². The standard InChI is InChI=1S/2Ba.9O.2V.2Zn/q2*+2;9*-2;2*+5;2*+2. The van der Waals surface area contributed by atoms with E-state index >= 15 is 0 Å². The minimum absolute atomic E-state index is 0. The van der Waals surface area contributed by atoms with Gasteiger partial charge < -0.3 is 49.3 Å². The second kappa shape index (κ2) is 235. The van der Waals surface area contributed by atoms with Crippen LogP contribution in [0.2, 0.25) is 0 Å². The van der Waals surface area contributed by atoms with E-state index in [1.165, 1.54) is 0 Å². The molecule has 0 aromatic heterocycles. The van der Waals surface area contributed by atoms with Crippen LogP contribution in [-0.2, 0) is 125 Å². The van der Waals surface area contributed by atoms with Crippen molar-refractivity contribution in [1.29, 1.82) is 0 Å². The molecule has 0 bridgehead atoms. The molecule has 0 N–H and O–H groups in total. The fourth-order valence-electron chi connectivity index (χ4n) is 0. The van der Waals surface area contributed by atoms with Gasteiger partial charge in [0.15, 0.2) is 0 Å². The Morgan fingerprint density at radius 3 is 0.267 bits per heavy atom. The van der Waals surface area contributed by atoms with Crippen molar-refractivity contribution in [1.82, 2.24) is 0 Å². The van der Waals surface area contributed by atoms with Crippen LogP contribution in [0.15, 0.2) is 0 Å². The number of rotatable bonds is 0. The van der Waals surface area contributed by atoms with Crippen molar-refractivity contribution in [3.63, 3.8) is 0 Å². The molecule has 15 heavy (non-hydrogen) atoms. The van der Waals surface area contributed by atoms with E-state index in [-0.39, 0.29) is 223 Å². The van der Waals surface area contributed by atoms with Crippen molar-refractivity contribution in [3.8, 4) is 0 Å². The third-order valence-corrected chi connectivity index (χ3v) is 0. The van der Waals surface area contributed by atoms with Crippen LogP contribution in [0.5, 0.6) is 0 Å². The van der Waals surface area contributed by atoms with Gasteiger partial charge in [-0.15, -0.1) is 0 Å². The van der Waals surface area contributed by atoms with Crippen molar-refractivity contribution in [2.24, 2.45) is 0 Å². The van der Waals surface area contributed by atoms with Gasteiger partial charge in [-0.3, -0.25) is 0 Å². The maximum absolute atomic E-state index is 0. The first-order valence-electron chi connectivity index (χ1n) is 0. The molecular formula is Ba2O9V2Zn2. The van der Waals surface area contributed by atoms with Gasteiger partial charge in [-0.25, -0.2) is 0 Å². The van der Waals surface area contributed by atoms with Crippen LogP contribution in [0.4, 0.5) is 0 Å². The predicted molar refractivity (Wildman–Crippen MR) is 17.7 cm³/mol. The van der Waals surface area contributed by atoms with Gasteiger partial charge in [0.1, 0.15) is 0 Å². The van der Waals surface area contributed by atoms with Crippen molar-refractivity contribution in [3.05, 3.63) is 0 Å². The average Bonchev–Trinajstić information content (AvgIpc) is 0. The first-order valence-corrected chi connectivity index (χ1v) is 0. The predicted octanol–water partition coefficient (Wildman–Crippen LogP) is -1.84. The zero-order valence-corrected chi connectivity index (χ0v) is 25.0. The van der Waals surface area contributed by atoms with Crippen LogP contribution < -0.4 is 0 Å². The Hall–Kier alpha value is 5.20. The second-order valence-corrected chi connectivity index (χ2v) is 0. The van der Waals surface area contributed by atoms with E-state index in [9.17, 15) is 0 Å². The van der Waals surface area contributed by atoms with Crippen LogP contribution >= 0.6 is 0 Å². The molecule has 0 aliphatic heterocycles. The second-order valence-electron chi connectivity index (χ2n) is 0. The minimum Gasteiger partial charge on any atom is -2.00 e. The Balaban J connectivity index is 0. The Kier molecular flexibility index (Phi) is 4320. The van der Waals surface area contributed by atoms with Gasteiger partial charge in [-0.1, -0.05) is 0 Å². The monoisotopic (exact) mass is 650 g/mol. The van der Waals surface area contributed by atoms with E-state index in [0.717, 1.165) is 0 Å². The summed E-state index contributed by atoms with van der Waals surface area (Å²) in [5, 5.41) is 0. The van der Waals surface area contributed by atoms with Crippen LogP contribution in [0.3, 0.4) is 0 Å². The normalized spacial score (nSPS) is 0. The van der Waals surface area contributed by atoms with Gasteiger partial charge in [0, 0.05) is 0 Å². The number of hydrogen-bond acceptors (Lipinski definition) is 0. The zero-order valence-electron chi connectivity index (χ0n) is 7.40. The molecule has 0 amide bonds. The molecule has 0 aromatic carbocycles. The topological polar surface area (TPSA) is 256 Å². The minimum atomic E-state index is 0. The number of hydrogen-bond donors (Lipinski definition) is 0. The van der Waals surface area contributed by atoms with E-state index < -0.39 is 0 Å². The van der Waals surface area contributed by atoms with Gasteiger partial charge in [-0.2, -0.15) is 0 Å². The maximum Gasteiger partial charge on any atom is 5.00 e. The van der Waals surface area contributed by atoms with Crippen molar-refractivity contribution in [2.75, 3.05) is 0 Å². The Bertz CT molecular complexity index is 24.1. The molecule has 0 fully saturated rings. The summed E-state index contributed by atoms with van der Waals surface area (Å²) in [4.78, 5) is 0. The molecule has 0 rings (SSSR count). The van der Waals surface area contributed by atoms with Crippen molar-refractivity contribution in [2.45, 2.75) is 0 Å². The van der Waals surface area contributed by atoms with Gasteiger partial charge in [0.2, 0.25) is 0 Å². The molecule has 0 saturated heterocycles. The van der Waals surface area contributed by atoms with E-state index in [4.69, 9.17) is 0 Å². The van der Waals surface area contributed by atoms with E-state index in [0.29, 0.717) is 0 Å². The van der Waals surface area contributed by atoms with Crippen LogP contribution in [0.1, 0.15) is 0 Å². The molecule has 0 aliphatic carbocycles. The van der Waals surface area contributed by atoms with E-state index in [1.54, 1.807) is 0 Å². The van der Waals surface area contributed by atoms with E-state index in [1.807, 2.05) is 0 Å². The van der Waals surface area contributed by atoms with Gasteiger partial charge in [0.05, 0.1) is 0 Å². The molecule has 72 valence electrons. The fourth-order valence-corrected chi connectivity index (χ4v) is 0. The summed E-state index contributed by atoms with van der Waals surface area (Å²) in [5.41, 5.74) is 0. The maximum atomic E-state index is 0. The fraction of sp³-hybridized carbons (Fsp3) is 0. The molecule has 0 aliphatic rings. The zero-order chi connectivity index (χ0) is 0. The Morgan fingerprint density at radius 2 is 0.267 bits per heavy atom. The largest absolute Gasteiger partial charge is 5.00 e. The summed E-state index contributed by atoms with van der Waals surface area (Å²) in [6.45, 7) is 0. The summed E-state index contributed by atoms with van der Waals surface area (Å²) >= 11 is 0. The van der Waals surface area contributed by atoms with Crippen molar-refractivity contribution >= 4 is 97.8 Å². The summed E-state index contributed by atoms with van der Waals surface area (Å²) < 4.78 is 0. The third kappa shape index (κ3) is 210. The first kappa shape index (κ1) is 275. The summed E-state index contributed by atoms with van der Waals surface area (Å²) in [6, 6.07) is 0. The Labute approximate surface area is 218 Å². The van der Waals surface area contributed by atoms with Gasteiger partial charge in [-0.05, 0) is 0 Å². The molecule has 9 nitrogen and oxygen atoms in total. The average molecular weight is 651 g/mol. The quantitative estimate of drug-likeness (QED) is 0.262. The van der Waals surface area contributed by atoms with Crippen LogP contribution in [-0.4, -0.2) is 97.8 Å². The Morgan fingerprint density at radius 1 is 0.267 bits per heavy atom. The molecule has 0 saturated carbocycles. The molecule has 0 spiro atoms. The molecule has 0 radical (unpaired) electrons. The summed E-state index contributed by atoms with van der Waals surface area (Å²) in [5.74, 6) is 0. The third-order valence-electron chi connectivity index (χ3n) is 0. The summed E-state index contributed by atoms with van der Waals surface area (Å²) in [7, 11) is 0. The van der Waals surface area contributed by atoms with Crippen molar-refractivity contribution < 1.29 is 125 Å². The van der Waals surface area contributed by atoms with Crippen LogP contribution in [0.25, 0.3) is 0 Å². The van der Waals surface area contributed by atoms with Gasteiger partial charge in [0.25, 0.3) is 0 Å². The SMILES string of the molecule is [Ba+2].[Ba+2].[O-2].[O-2].[O-2].[O-2].[O-2].[O-2].[O-2].[O-2].[O-2].[V+5].[V+5].[Zn+2].[Zn+2]. The smallest absolute Gasteiger partial charge is 2.00 e. The molecule has 15 heteroatoms. The molecular weight excluding hydrogens is 651 g/mol. The first-order chi connectivity index (χ1) is 0. The summed E-state index contributed by atoms with van der Waals surface area (Å²) in [6.07, 6.45) is 0. The molecule has 0 atom stereocenters.